The van der Waals surface area contributed by atoms with Crippen LogP contribution < -0.4 is 20.4 Å². The molecule has 13 nitrogen and oxygen atoms in total. The van der Waals surface area contributed by atoms with Crippen LogP contribution in [0.15, 0.2) is 42.5 Å². The predicted octanol–water partition coefficient (Wildman–Crippen LogP) is 4.64. The van der Waals surface area contributed by atoms with Gasteiger partial charge in [0.1, 0.15) is 5.54 Å². The molecule has 2 aromatic rings. The summed E-state index contributed by atoms with van der Waals surface area (Å²) < 4.78 is 47.5. The normalized spacial score (nSPS) is 26.1. The van der Waals surface area contributed by atoms with Crippen LogP contribution in [0.2, 0.25) is 0 Å². The molecular weight excluding hydrogens is 762 g/mol. The minimum absolute atomic E-state index is 0.00624. The second-order valence-corrected chi connectivity index (χ2v) is 16.3. The Kier molecular flexibility index (Phi) is 12.8. The van der Waals surface area contributed by atoms with Gasteiger partial charge in [-0.25, -0.2) is 0 Å². The number of alkyl halides is 3. The van der Waals surface area contributed by atoms with E-state index in [0.29, 0.717) is 25.3 Å². The van der Waals surface area contributed by atoms with Crippen molar-refractivity contribution in [3.8, 4) is 6.07 Å². The van der Waals surface area contributed by atoms with E-state index in [-0.39, 0.29) is 53.4 Å². The largest absolute Gasteiger partial charge is 0.417 e. The highest BCUT2D eigenvalue weighted by molar-refractivity contribution is 7.80. The summed E-state index contributed by atoms with van der Waals surface area (Å²) in [6.07, 6.45) is -1.66. The van der Waals surface area contributed by atoms with E-state index in [2.05, 4.69) is 34.3 Å². The first-order valence-corrected chi connectivity index (χ1v) is 19.9. The molecule has 1 saturated carbocycles. The summed E-state index contributed by atoms with van der Waals surface area (Å²) in [6, 6.07) is 12.3. The van der Waals surface area contributed by atoms with E-state index in [1.807, 2.05) is 4.90 Å². The number of carbonyl (C=O) groups is 3. The number of aliphatic hydroxyl groups is 1. The summed E-state index contributed by atoms with van der Waals surface area (Å²) in [5.74, 6) is -0.707. The molecule has 3 saturated heterocycles. The SMILES string of the molecule is C[C@@H]1CN(CCCO[C@H]2CC[C@H](N3C(=S)N(c4ccc(C#N)c(C(F)(F)F)c4)C(=O)C3(C)C)CC2)C[C@H](C)N1CC(=O)Nc1ccc(N2CCC(=O)NC2O)cc1. The van der Waals surface area contributed by atoms with Crippen LogP contribution in [0.3, 0.4) is 0 Å². The molecule has 2 aromatic carbocycles. The van der Waals surface area contributed by atoms with E-state index in [9.17, 15) is 37.9 Å². The molecule has 4 fully saturated rings. The van der Waals surface area contributed by atoms with Gasteiger partial charge in [0.2, 0.25) is 18.2 Å². The number of halogens is 3. The van der Waals surface area contributed by atoms with Gasteiger partial charge in [0.15, 0.2) is 5.11 Å². The number of benzene rings is 2. The number of piperazine rings is 1. The number of anilines is 3. The number of rotatable bonds is 11. The lowest BCUT2D eigenvalue weighted by atomic mass is 9.89. The Hall–Kier alpha value is -4.34. The summed E-state index contributed by atoms with van der Waals surface area (Å²) in [4.78, 5) is 47.5. The number of thiocarbonyl (C=S) groups is 1. The highest BCUT2D eigenvalue weighted by atomic mass is 32.1. The molecule has 3 N–H and O–H groups in total. The summed E-state index contributed by atoms with van der Waals surface area (Å²) in [5, 5.41) is 25.0. The van der Waals surface area contributed by atoms with Crippen molar-refractivity contribution in [2.24, 2.45) is 0 Å². The van der Waals surface area contributed by atoms with Gasteiger partial charge < -0.3 is 35.2 Å². The minimum Gasteiger partial charge on any atom is -0.378 e. The summed E-state index contributed by atoms with van der Waals surface area (Å²) in [6.45, 7) is 11.5. The third-order valence-corrected chi connectivity index (χ3v) is 11.9. The number of amides is 3. The maximum atomic E-state index is 13.7. The Balaban J connectivity index is 0.917. The second-order valence-electron chi connectivity index (χ2n) is 16.0. The van der Waals surface area contributed by atoms with Crippen LogP contribution in [-0.4, -0.2) is 118 Å². The molecule has 3 atom stereocenters. The van der Waals surface area contributed by atoms with Crippen molar-refractivity contribution in [1.29, 1.82) is 5.26 Å². The smallest absolute Gasteiger partial charge is 0.378 e. The van der Waals surface area contributed by atoms with Crippen LogP contribution in [0.25, 0.3) is 0 Å². The molecule has 308 valence electrons. The molecule has 3 amide bonds. The molecule has 17 heteroatoms. The topological polar surface area (TPSA) is 145 Å². The van der Waals surface area contributed by atoms with Gasteiger partial charge in [-0.15, -0.1) is 0 Å². The van der Waals surface area contributed by atoms with Crippen LogP contribution in [0.4, 0.5) is 30.2 Å². The average molecular weight is 813 g/mol. The van der Waals surface area contributed by atoms with Gasteiger partial charge in [-0.05, 0) is 114 Å². The highest BCUT2D eigenvalue weighted by Gasteiger charge is 2.52. The molecule has 0 bridgehead atoms. The molecule has 0 aromatic heterocycles. The number of hydrogen-bond donors (Lipinski definition) is 3. The fourth-order valence-corrected chi connectivity index (χ4v) is 9.20. The van der Waals surface area contributed by atoms with Crippen LogP contribution >= 0.6 is 12.2 Å². The quantitative estimate of drug-likeness (QED) is 0.216. The van der Waals surface area contributed by atoms with Crippen LogP contribution in [0.5, 0.6) is 0 Å². The van der Waals surface area contributed by atoms with Crippen LogP contribution in [0, 0.1) is 11.3 Å². The van der Waals surface area contributed by atoms with Crippen molar-refractivity contribution in [3.63, 3.8) is 0 Å². The molecular formula is C40H51F3N8O5S. The van der Waals surface area contributed by atoms with Crippen molar-refractivity contribution >= 4 is 52.1 Å². The number of hydrogen-bond acceptors (Lipinski definition) is 10. The second kappa shape index (κ2) is 17.3. The zero-order valence-corrected chi connectivity index (χ0v) is 33.5. The maximum absolute atomic E-state index is 13.7. The molecule has 4 aliphatic rings. The summed E-state index contributed by atoms with van der Waals surface area (Å²) in [7, 11) is 0. The fraction of sp³-hybridized carbons (Fsp3) is 0.575. The molecule has 0 radical (unpaired) electrons. The van der Waals surface area contributed by atoms with Crippen molar-refractivity contribution in [1.82, 2.24) is 20.0 Å². The zero-order chi connectivity index (χ0) is 41.2. The van der Waals surface area contributed by atoms with E-state index in [1.54, 1.807) is 49.1 Å². The van der Waals surface area contributed by atoms with Gasteiger partial charge in [-0.3, -0.25) is 24.2 Å². The van der Waals surface area contributed by atoms with Gasteiger partial charge in [0, 0.05) is 68.7 Å². The zero-order valence-electron chi connectivity index (χ0n) is 32.7. The van der Waals surface area contributed by atoms with E-state index in [4.69, 9.17) is 17.0 Å². The van der Waals surface area contributed by atoms with Crippen LogP contribution in [0.1, 0.15) is 77.3 Å². The summed E-state index contributed by atoms with van der Waals surface area (Å²) in [5.41, 5.74) is -1.28. The van der Waals surface area contributed by atoms with Crippen molar-refractivity contribution in [3.05, 3.63) is 53.6 Å². The standard InChI is InChI=1S/C40H51F3N8O5S/c1-25-22-47(23-26(2)49(25)24-35(53)45-28-7-10-29(11-8-28)48-18-16-34(52)46-37(48)55)17-5-19-56-32-14-12-30(13-15-32)51-38(57)50(36(54)39(51,3)4)31-9-6-27(21-44)33(20-31)40(41,42)43/h6-11,20,25-26,30,32,37,55H,5,12-19,22-24H2,1-4H3,(H,45,53)(H,46,52)/t25-,26+,30-,32-,37?. The van der Waals surface area contributed by atoms with Gasteiger partial charge >= 0.3 is 6.18 Å². The third-order valence-electron chi connectivity index (χ3n) is 11.5. The molecule has 3 heterocycles. The van der Waals surface area contributed by atoms with Crippen molar-refractivity contribution in [2.45, 2.75) is 109 Å². The molecule has 6 rings (SSSR count). The Morgan fingerprint density at radius 2 is 1.70 bits per heavy atom. The van der Waals surface area contributed by atoms with Gasteiger partial charge in [-0.1, -0.05) is 0 Å². The lowest BCUT2D eigenvalue weighted by Crippen LogP contribution is -2.58. The average Bonchev–Trinajstić information content (AvgIpc) is 3.33. The highest BCUT2D eigenvalue weighted by Crippen LogP contribution is 2.40. The van der Waals surface area contributed by atoms with E-state index in [0.717, 1.165) is 69.6 Å². The molecule has 1 unspecified atom stereocenters. The first-order valence-electron chi connectivity index (χ1n) is 19.5. The summed E-state index contributed by atoms with van der Waals surface area (Å²) >= 11 is 5.73. The number of carbonyl (C=O) groups excluding carboxylic acids is 3. The van der Waals surface area contributed by atoms with E-state index < -0.39 is 35.1 Å². The van der Waals surface area contributed by atoms with Crippen molar-refractivity contribution in [2.75, 3.05) is 54.4 Å². The number of aliphatic hydroxyl groups excluding tert-OH is 1. The molecule has 3 aliphatic heterocycles. The number of nitrogens with zero attached hydrogens (tertiary/aromatic N) is 6. The minimum atomic E-state index is -4.76. The first-order chi connectivity index (χ1) is 27.0. The monoisotopic (exact) mass is 812 g/mol. The number of nitrogens with one attached hydrogen (secondary N) is 2. The third kappa shape index (κ3) is 9.36. The van der Waals surface area contributed by atoms with Gasteiger partial charge in [0.05, 0.1) is 35.5 Å². The molecule has 1 aliphatic carbocycles. The van der Waals surface area contributed by atoms with E-state index >= 15 is 0 Å². The Morgan fingerprint density at radius 3 is 2.32 bits per heavy atom. The van der Waals surface area contributed by atoms with E-state index in [1.165, 1.54) is 11.0 Å². The Bertz CT molecular complexity index is 1850. The van der Waals surface area contributed by atoms with Gasteiger partial charge in [-0.2, -0.15) is 18.4 Å². The van der Waals surface area contributed by atoms with Crippen molar-refractivity contribution < 1.29 is 37.4 Å². The fourth-order valence-electron chi connectivity index (χ4n) is 8.63. The predicted molar refractivity (Wildman–Crippen MR) is 212 cm³/mol. The maximum Gasteiger partial charge on any atom is 0.417 e. The lowest BCUT2D eigenvalue weighted by molar-refractivity contribution is -0.138. The lowest BCUT2D eigenvalue weighted by Gasteiger charge is -2.44. The Labute approximate surface area is 336 Å². The van der Waals surface area contributed by atoms with Crippen LogP contribution in [-0.2, 0) is 25.3 Å². The molecule has 57 heavy (non-hydrogen) atoms. The molecule has 0 spiro atoms. The van der Waals surface area contributed by atoms with Gasteiger partial charge in [0.25, 0.3) is 5.91 Å². The Morgan fingerprint density at radius 1 is 1.05 bits per heavy atom. The number of ether oxygens (including phenoxy) is 1. The first kappa shape index (κ1) is 42.3. The number of nitriles is 1.